The Hall–Kier alpha value is -3.20. The number of hydrogen-bond donors (Lipinski definition) is 1. The van der Waals surface area contributed by atoms with Gasteiger partial charge in [0.2, 0.25) is 6.20 Å². The number of carboxylic acid groups (broad SMARTS) is 1. The first kappa shape index (κ1) is 16.7. The van der Waals surface area contributed by atoms with Crippen molar-refractivity contribution in [3.8, 4) is 11.3 Å². The molecule has 0 bridgehead atoms. The van der Waals surface area contributed by atoms with Crippen LogP contribution in [0.5, 0.6) is 0 Å². The Labute approximate surface area is 141 Å². The van der Waals surface area contributed by atoms with Crippen LogP contribution in [-0.2, 0) is 10.0 Å². The van der Waals surface area contributed by atoms with E-state index in [2.05, 4.69) is 0 Å². The number of aromatic nitrogens is 2. The van der Waals surface area contributed by atoms with E-state index in [-0.39, 0.29) is 21.7 Å². The lowest BCUT2D eigenvalue weighted by molar-refractivity contribution is -0.607. The summed E-state index contributed by atoms with van der Waals surface area (Å²) in [6.45, 7) is 0. The molecule has 2 heterocycles. The SMILES string of the molecule is O=C(O)c1cc(-c2ccccc2F)n(S(=O)(=O)c2ccc[n+]([O-])c2)c1. The van der Waals surface area contributed by atoms with Crippen molar-refractivity contribution in [1.82, 2.24) is 3.97 Å². The summed E-state index contributed by atoms with van der Waals surface area (Å²) in [6.07, 6.45) is 2.82. The molecule has 128 valence electrons. The first-order chi connectivity index (χ1) is 11.8. The lowest BCUT2D eigenvalue weighted by Gasteiger charge is -2.10. The van der Waals surface area contributed by atoms with Gasteiger partial charge in [0, 0.05) is 17.8 Å². The Balaban J connectivity index is 2.29. The van der Waals surface area contributed by atoms with E-state index in [0.29, 0.717) is 8.70 Å². The van der Waals surface area contributed by atoms with Crippen molar-refractivity contribution < 1.29 is 27.4 Å². The van der Waals surface area contributed by atoms with E-state index in [1.165, 1.54) is 30.3 Å². The van der Waals surface area contributed by atoms with Gasteiger partial charge in [-0.1, -0.05) is 12.1 Å². The molecule has 25 heavy (non-hydrogen) atoms. The highest BCUT2D eigenvalue weighted by Gasteiger charge is 2.26. The van der Waals surface area contributed by atoms with Crippen LogP contribution in [0.1, 0.15) is 10.4 Å². The summed E-state index contributed by atoms with van der Waals surface area (Å²) in [5.41, 5.74) is -0.561. The van der Waals surface area contributed by atoms with Crippen molar-refractivity contribution in [3.63, 3.8) is 0 Å². The number of benzene rings is 1. The predicted molar refractivity (Wildman–Crippen MR) is 84.8 cm³/mol. The first-order valence-electron chi connectivity index (χ1n) is 6.95. The molecule has 0 radical (unpaired) electrons. The molecule has 0 saturated heterocycles. The Morgan fingerprint density at radius 3 is 2.56 bits per heavy atom. The molecule has 9 heteroatoms. The van der Waals surface area contributed by atoms with E-state index in [4.69, 9.17) is 5.11 Å². The van der Waals surface area contributed by atoms with E-state index in [0.717, 1.165) is 30.7 Å². The second kappa shape index (κ2) is 6.02. The van der Waals surface area contributed by atoms with Crippen LogP contribution in [0.3, 0.4) is 0 Å². The van der Waals surface area contributed by atoms with Crippen LogP contribution in [-0.4, -0.2) is 23.5 Å². The number of carboxylic acids is 1. The molecule has 3 aromatic rings. The van der Waals surface area contributed by atoms with E-state index < -0.39 is 21.8 Å². The third-order valence-corrected chi connectivity index (χ3v) is 5.14. The van der Waals surface area contributed by atoms with Crippen LogP contribution in [0.15, 0.2) is 66.0 Å². The molecule has 0 aliphatic heterocycles. The summed E-state index contributed by atoms with van der Waals surface area (Å²) in [4.78, 5) is 10.9. The highest BCUT2D eigenvalue weighted by Crippen LogP contribution is 2.28. The minimum atomic E-state index is -4.30. The minimum absolute atomic E-state index is 0.0792. The lowest BCUT2D eigenvalue weighted by Crippen LogP contribution is -2.27. The van der Waals surface area contributed by atoms with Crippen LogP contribution in [0.4, 0.5) is 4.39 Å². The van der Waals surface area contributed by atoms with E-state index >= 15 is 0 Å². The maximum absolute atomic E-state index is 14.1. The molecule has 7 nitrogen and oxygen atoms in total. The maximum atomic E-state index is 14.1. The fraction of sp³-hybridized carbons (Fsp3) is 0. The van der Waals surface area contributed by atoms with Crippen LogP contribution >= 0.6 is 0 Å². The van der Waals surface area contributed by atoms with Crippen LogP contribution in [0.25, 0.3) is 11.3 Å². The van der Waals surface area contributed by atoms with Gasteiger partial charge in [-0.05, 0) is 24.3 Å². The predicted octanol–water partition coefficient (Wildman–Crippen LogP) is 1.86. The molecule has 0 aliphatic carbocycles. The first-order valence-corrected chi connectivity index (χ1v) is 8.39. The highest BCUT2D eigenvalue weighted by atomic mass is 32.2. The van der Waals surface area contributed by atoms with Crippen molar-refractivity contribution in [3.05, 3.63) is 77.6 Å². The molecule has 2 aromatic heterocycles. The molecule has 0 saturated carbocycles. The van der Waals surface area contributed by atoms with Gasteiger partial charge >= 0.3 is 5.97 Å². The summed E-state index contributed by atoms with van der Waals surface area (Å²) in [6, 6.07) is 8.88. The number of aromatic carboxylic acids is 1. The van der Waals surface area contributed by atoms with Crippen LogP contribution in [0, 0.1) is 11.0 Å². The van der Waals surface area contributed by atoms with Gasteiger partial charge in [0.25, 0.3) is 10.0 Å². The number of rotatable bonds is 4. The molecule has 1 aromatic carbocycles. The number of hydrogen-bond acceptors (Lipinski definition) is 4. The van der Waals surface area contributed by atoms with Crippen LogP contribution in [0.2, 0.25) is 0 Å². The van der Waals surface area contributed by atoms with E-state index in [1.54, 1.807) is 0 Å². The van der Waals surface area contributed by atoms with Gasteiger partial charge in [-0.25, -0.2) is 21.6 Å². The zero-order chi connectivity index (χ0) is 18.2. The maximum Gasteiger partial charge on any atom is 0.337 e. The number of pyridine rings is 1. The molecule has 0 spiro atoms. The van der Waals surface area contributed by atoms with Gasteiger partial charge in [0.1, 0.15) is 5.82 Å². The molecule has 0 fully saturated rings. The molecule has 3 rings (SSSR count). The van der Waals surface area contributed by atoms with E-state index in [9.17, 15) is 22.8 Å². The standard InChI is InChI=1S/C16H11FN2O5S/c17-14-6-2-1-5-13(14)15-8-11(16(20)21)9-19(15)25(23,24)12-4-3-7-18(22)10-12/h1-10H,(H,20,21). The molecule has 0 aliphatic rings. The Morgan fingerprint density at radius 2 is 1.92 bits per heavy atom. The van der Waals surface area contributed by atoms with Gasteiger partial charge in [-0.3, -0.25) is 0 Å². The molecule has 0 unspecified atom stereocenters. The van der Waals surface area contributed by atoms with Crippen molar-refractivity contribution >= 4 is 16.0 Å². The summed E-state index contributed by atoms with van der Waals surface area (Å²) in [5, 5.41) is 20.5. The molecule has 0 atom stereocenters. The Bertz CT molecular complexity index is 1080. The Kier molecular flexibility index (Phi) is 4.01. The Morgan fingerprint density at radius 1 is 1.20 bits per heavy atom. The zero-order valence-electron chi connectivity index (χ0n) is 12.5. The fourth-order valence-corrected chi connectivity index (χ4v) is 3.70. The molecule has 1 N–H and O–H groups in total. The fourth-order valence-electron chi connectivity index (χ4n) is 2.33. The summed E-state index contributed by atoms with van der Waals surface area (Å²) < 4.78 is 40.7. The smallest absolute Gasteiger partial charge is 0.337 e. The molecular formula is C16H11FN2O5S. The molecular weight excluding hydrogens is 351 g/mol. The van der Waals surface area contributed by atoms with Gasteiger partial charge in [0.05, 0.1) is 11.3 Å². The van der Waals surface area contributed by atoms with Crippen molar-refractivity contribution in [2.45, 2.75) is 4.90 Å². The average molecular weight is 362 g/mol. The van der Waals surface area contributed by atoms with Gasteiger partial charge < -0.3 is 10.3 Å². The monoisotopic (exact) mass is 362 g/mol. The topological polar surface area (TPSA) is 103 Å². The normalized spacial score (nSPS) is 11.4. The second-order valence-electron chi connectivity index (χ2n) is 5.10. The van der Waals surface area contributed by atoms with Crippen LogP contribution < -0.4 is 4.73 Å². The minimum Gasteiger partial charge on any atom is -0.619 e. The van der Waals surface area contributed by atoms with Crippen molar-refractivity contribution in [2.24, 2.45) is 0 Å². The highest BCUT2D eigenvalue weighted by molar-refractivity contribution is 7.90. The van der Waals surface area contributed by atoms with Gasteiger partial charge in [0.15, 0.2) is 11.1 Å². The number of carbonyl (C=O) groups is 1. The van der Waals surface area contributed by atoms with Crippen molar-refractivity contribution in [2.75, 3.05) is 0 Å². The quantitative estimate of drug-likeness (QED) is 0.564. The summed E-state index contributed by atoms with van der Waals surface area (Å²) in [7, 11) is -4.30. The largest absolute Gasteiger partial charge is 0.619 e. The summed E-state index contributed by atoms with van der Waals surface area (Å²) >= 11 is 0. The van der Waals surface area contributed by atoms with Crippen molar-refractivity contribution in [1.29, 1.82) is 0 Å². The third-order valence-electron chi connectivity index (χ3n) is 3.49. The van der Waals surface area contributed by atoms with E-state index in [1.807, 2.05) is 0 Å². The second-order valence-corrected chi connectivity index (χ2v) is 6.91. The lowest BCUT2D eigenvalue weighted by atomic mass is 10.1. The third kappa shape index (κ3) is 2.96. The number of halogens is 1. The van der Waals surface area contributed by atoms with Gasteiger partial charge in [-0.15, -0.1) is 0 Å². The average Bonchev–Trinajstić information content (AvgIpc) is 3.01. The zero-order valence-corrected chi connectivity index (χ0v) is 13.4. The van der Waals surface area contributed by atoms with Gasteiger partial charge in [-0.2, -0.15) is 4.73 Å². The number of nitrogens with zero attached hydrogens (tertiary/aromatic N) is 2. The summed E-state index contributed by atoms with van der Waals surface area (Å²) in [5.74, 6) is -2.07. The molecule has 0 amide bonds.